The van der Waals surface area contributed by atoms with E-state index in [1.807, 2.05) is 6.92 Å². The van der Waals surface area contributed by atoms with Crippen LogP contribution in [0.25, 0.3) is 0 Å². The topological polar surface area (TPSA) is 84.9 Å². The zero-order valence-corrected chi connectivity index (χ0v) is 15.4. The molecule has 2 aliphatic rings. The lowest BCUT2D eigenvalue weighted by Gasteiger charge is -2.29. The standard InChI is InChI=1S/C21H20N2O5/c1-2-27-14-9-7-13(8-10-14)22-19(25)17-11-12-18(24)23(17)20-15-5-3-4-6-16(15)21(26)28-20/h3-10,17,20H,2,11-12H2,1H3,(H,22,25)/t17-,20?/m0/s1. The number of esters is 1. The van der Waals surface area contributed by atoms with Gasteiger partial charge in [-0.15, -0.1) is 0 Å². The van der Waals surface area contributed by atoms with Gasteiger partial charge in [0.25, 0.3) is 0 Å². The molecule has 2 amide bonds. The molecule has 0 saturated carbocycles. The molecule has 7 heteroatoms. The van der Waals surface area contributed by atoms with E-state index >= 15 is 0 Å². The van der Waals surface area contributed by atoms with Gasteiger partial charge >= 0.3 is 5.97 Å². The fourth-order valence-electron chi connectivity index (χ4n) is 3.61. The van der Waals surface area contributed by atoms with Crippen LogP contribution >= 0.6 is 0 Å². The van der Waals surface area contributed by atoms with Crippen molar-refractivity contribution in [1.29, 1.82) is 0 Å². The van der Waals surface area contributed by atoms with Crippen LogP contribution in [0.2, 0.25) is 0 Å². The van der Waals surface area contributed by atoms with Crippen LogP contribution in [0.5, 0.6) is 5.75 Å². The van der Waals surface area contributed by atoms with Gasteiger partial charge in [-0.2, -0.15) is 0 Å². The van der Waals surface area contributed by atoms with Crippen molar-refractivity contribution in [2.45, 2.75) is 32.0 Å². The molecular weight excluding hydrogens is 360 g/mol. The Hall–Kier alpha value is -3.35. The number of anilines is 1. The van der Waals surface area contributed by atoms with Crippen molar-refractivity contribution in [2.75, 3.05) is 11.9 Å². The summed E-state index contributed by atoms with van der Waals surface area (Å²) in [4.78, 5) is 38.9. The van der Waals surface area contributed by atoms with Crippen molar-refractivity contribution in [2.24, 2.45) is 0 Å². The van der Waals surface area contributed by atoms with Crippen LogP contribution in [-0.2, 0) is 14.3 Å². The van der Waals surface area contributed by atoms with Gasteiger partial charge in [0.2, 0.25) is 18.0 Å². The minimum atomic E-state index is -0.866. The molecule has 2 atom stereocenters. The highest BCUT2D eigenvalue weighted by Gasteiger charge is 2.46. The van der Waals surface area contributed by atoms with Gasteiger partial charge in [0, 0.05) is 17.7 Å². The van der Waals surface area contributed by atoms with Crippen LogP contribution in [0, 0.1) is 0 Å². The Kier molecular flexibility index (Phi) is 4.73. The van der Waals surface area contributed by atoms with E-state index < -0.39 is 18.2 Å². The van der Waals surface area contributed by atoms with Crippen molar-refractivity contribution in [1.82, 2.24) is 4.90 Å². The second-order valence-electron chi connectivity index (χ2n) is 6.65. The number of nitrogens with zero attached hydrogens (tertiary/aromatic N) is 1. The van der Waals surface area contributed by atoms with Crippen molar-refractivity contribution >= 4 is 23.5 Å². The van der Waals surface area contributed by atoms with E-state index in [4.69, 9.17) is 9.47 Å². The number of ether oxygens (including phenoxy) is 2. The van der Waals surface area contributed by atoms with Crippen LogP contribution in [0.1, 0.15) is 41.9 Å². The molecule has 7 nitrogen and oxygen atoms in total. The highest BCUT2D eigenvalue weighted by molar-refractivity contribution is 6.00. The summed E-state index contributed by atoms with van der Waals surface area (Å²) < 4.78 is 10.8. The monoisotopic (exact) mass is 380 g/mol. The van der Waals surface area contributed by atoms with E-state index in [0.717, 1.165) is 0 Å². The summed E-state index contributed by atoms with van der Waals surface area (Å²) in [5, 5.41) is 2.83. The molecule has 0 aliphatic carbocycles. The maximum absolute atomic E-state index is 12.9. The first-order valence-electron chi connectivity index (χ1n) is 9.23. The maximum atomic E-state index is 12.9. The Morgan fingerprint density at radius 3 is 2.68 bits per heavy atom. The number of carbonyl (C=O) groups excluding carboxylic acids is 3. The highest BCUT2D eigenvalue weighted by Crippen LogP contribution is 2.38. The van der Waals surface area contributed by atoms with Crippen LogP contribution in [-0.4, -0.2) is 35.3 Å². The molecule has 2 aromatic carbocycles. The summed E-state index contributed by atoms with van der Waals surface area (Å²) >= 11 is 0. The summed E-state index contributed by atoms with van der Waals surface area (Å²) in [5.74, 6) is -0.282. The average molecular weight is 380 g/mol. The minimum Gasteiger partial charge on any atom is -0.494 e. The third-order valence-electron chi connectivity index (χ3n) is 4.91. The van der Waals surface area contributed by atoms with Gasteiger partial charge in [0.15, 0.2) is 0 Å². The zero-order chi connectivity index (χ0) is 19.7. The second kappa shape index (κ2) is 7.34. The van der Waals surface area contributed by atoms with E-state index in [2.05, 4.69) is 5.32 Å². The molecule has 4 rings (SSSR count). The number of cyclic esters (lactones) is 1. The number of amides is 2. The van der Waals surface area contributed by atoms with Crippen molar-refractivity contribution in [3.8, 4) is 5.75 Å². The third-order valence-corrected chi connectivity index (χ3v) is 4.91. The molecule has 0 radical (unpaired) electrons. The number of hydrogen-bond acceptors (Lipinski definition) is 5. The maximum Gasteiger partial charge on any atom is 0.340 e. The number of nitrogens with one attached hydrogen (secondary N) is 1. The quantitative estimate of drug-likeness (QED) is 0.807. The van der Waals surface area contributed by atoms with Gasteiger partial charge in [-0.3, -0.25) is 14.5 Å². The Morgan fingerprint density at radius 1 is 1.18 bits per heavy atom. The number of benzene rings is 2. The summed E-state index contributed by atoms with van der Waals surface area (Å²) in [5.41, 5.74) is 1.65. The van der Waals surface area contributed by atoms with E-state index in [-0.39, 0.29) is 18.2 Å². The average Bonchev–Trinajstić information content (AvgIpc) is 3.24. The predicted molar refractivity (Wildman–Crippen MR) is 101 cm³/mol. The molecule has 1 unspecified atom stereocenters. The Bertz CT molecular complexity index is 925. The predicted octanol–water partition coefficient (Wildman–Crippen LogP) is 2.88. The molecule has 1 fully saturated rings. The minimum absolute atomic E-state index is 0.207. The molecule has 1 N–H and O–H groups in total. The largest absolute Gasteiger partial charge is 0.494 e. The van der Waals surface area contributed by atoms with Gasteiger partial charge < -0.3 is 14.8 Å². The van der Waals surface area contributed by atoms with E-state index in [9.17, 15) is 14.4 Å². The molecule has 28 heavy (non-hydrogen) atoms. The number of fused-ring (bicyclic) bond motifs is 1. The van der Waals surface area contributed by atoms with Gasteiger partial charge in [-0.25, -0.2) is 4.79 Å². The molecule has 2 aromatic rings. The van der Waals surface area contributed by atoms with Crippen LogP contribution in [0.4, 0.5) is 5.69 Å². The fraction of sp³-hybridized carbons (Fsp3) is 0.286. The van der Waals surface area contributed by atoms with Gasteiger partial charge in [0.1, 0.15) is 11.8 Å². The lowest BCUT2D eigenvalue weighted by atomic mass is 10.1. The molecule has 0 spiro atoms. The molecule has 144 valence electrons. The van der Waals surface area contributed by atoms with Crippen molar-refractivity contribution < 1.29 is 23.9 Å². The molecule has 0 aromatic heterocycles. The molecule has 1 saturated heterocycles. The first-order chi connectivity index (χ1) is 13.6. The number of rotatable bonds is 5. The van der Waals surface area contributed by atoms with E-state index in [1.54, 1.807) is 48.5 Å². The molecule has 0 bridgehead atoms. The van der Waals surface area contributed by atoms with Crippen molar-refractivity contribution in [3.05, 3.63) is 59.7 Å². The first kappa shape index (κ1) is 18.0. The molecular formula is C21H20N2O5. The first-order valence-corrected chi connectivity index (χ1v) is 9.23. The number of carbonyl (C=O) groups is 3. The zero-order valence-electron chi connectivity index (χ0n) is 15.4. The SMILES string of the molecule is CCOc1ccc(NC(=O)[C@@H]2CCC(=O)N2C2OC(=O)c3ccccc32)cc1. The summed E-state index contributed by atoms with van der Waals surface area (Å²) in [6.07, 6.45) is -0.259. The lowest BCUT2D eigenvalue weighted by Crippen LogP contribution is -2.43. The molecule has 2 aliphatic heterocycles. The van der Waals surface area contributed by atoms with Crippen molar-refractivity contribution in [3.63, 3.8) is 0 Å². The van der Waals surface area contributed by atoms with Gasteiger partial charge in [-0.05, 0) is 43.7 Å². The fourth-order valence-corrected chi connectivity index (χ4v) is 3.61. The second-order valence-corrected chi connectivity index (χ2v) is 6.65. The lowest BCUT2D eigenvalue weighted by molar-refractivity contribution is -0.144. The molecule has 2 heterocycles. The summed E-state index contributed by atoms with van der Waals surface area (Å²) in [6.45, 7) is 2.46. The smallest absolute Gasteiger partial charge is 0.340 e. The van der Waals surface area contributed by atoms with Gasteiger partial charge in [0.05, 0.1) is 12.2 Å². The van der Waals surface area contributed by atoms with Gasteiger partial charge in [-0.1, -0.05) is 18.2 Å². The number of likely N-dealkylation sites (tertiary alicyclic amines) is 1. The Labute approximate surface area is 162 Å². The summed E-state index contributed by atoms with van der Waals surface area (Å²) in [7, 11) is 0. The highest BCUT2D eigenvalue weighted by atomic mass is 16.6. The van der Waals surface area contributed by atoms with E-state index in [0.29, 0.717) is 35.6 Å². The Morgan fingerprint density at radius 2 is 1.93 bits per heavy atom. The normalized spacial score (nSPS) is 20.7. The van der Waals surface area contributed by atoms with Crippen LogP contribution in [0.15, 0.2) is 48.5 Å². The third kappa shape index (κ3) is 3.19. The van der Waals surface area contributed by atoms with E-state index in [1.165, 1.54) is 4.90 Å². The summed E-state index contributed by atoms with van der Waals surface area (Å²) in [6, 6.07) is 13.3. The Balaban J connectivity index is 1.53. The van der Waals surface area contributed by atoms with Crippen LogP contribution in [0.3, 0.4) is 0 Å². The number of hydrogen-bond donors (Lipinski definition) is 1. The van der Waals surface area contributed by atoms with Crippen LogP contribution < -0.4 is 10.1 Å².